The summed E-state index contributed by atoms with van der Waals surface area (Å²) in [6, 6.07) is 14.5. The van der Waals surface area contributed by atoms with Crippen molar-refractivity contribution in [3.8, 4) is 0 Å². The zero-order valence-electron chi connectivity index (χ0n) is 12.5. The van der Waals surface area contributed by atoms with Gasteiger partial charge >= 0.3 is 5.92 Å². The summed E-state index contributed by atoms with van der Waals surface area (Å²) in [5.41, 5.74) is 0.0969. The van der Waals surface area contributed by atoms with Gasteiger partial charge in [-0.25, -0.2) is 0 Å². The molecule has 2 aromatic carbocycles. The molecule has 4 heteroatoms. The lowest BCUT2D eigenvalue weighted by atomic mass is 9.97. The van der Waals surface area contributed by atoms with Crippen molar-refractivity contribution in [3.05, 3.63) is 65.7 Å². The Balaban J connectivity index is 2.40. The first-order valence-corrected chi connectivity index (χ1v) is 10.4. The van der Waals surface area contributed by atoms with Gasteiger partial charge in [0.05, 0.1) is 8.07 Å². The second-order valence-electron chi connectivity index (χ2n) is 6.27. The number of halogens is 2. The van der Waals surface area contributed by atoms with E-state index in [0.717, 1.165) is 5.19 Å². The van der Waals surface area contributed by atoms with Crippen molar-refractivity contribution < 1.29 is 13.9 Å². The normalized spacial score (nSPS) is 14.0. The Bertz CT molecular complexity index is 606. The van der Waals surface area contributed by atoms with E-state index in [1.165, 1.54) is 18.2 Å². The third-order valence-electron chi connectivity index (χ3n) is 3.57. The molecule has 1 unspecified atom stereocenters. The molecule has 0 aliphatic rings. The molecule has 1 nitrogen and oxygen atoms in total. The van der Waals surface area contributed by atoms with Crippen molar-refractivity contribution in [1.29, 1.82) is 0 Å². The van der Waals surface area contributed by atoms with Gasteiger partial charge in [-0.3, -0.25) is 0 Å². The Morgan fingerprint density at radius 3 is 2.14 bits per heavy atom. The van der Waals surface area contributed by atoms with Crippen molar-refractivity contribution in [2.24, 2.45) is 0 Å². The van der Waals surface area contributed by atoms with Crippen LogP contribution in [0.5, 0.6) is 0 Å². The summed E-state index contributed by atoms with van der Waals surface area (Å²) in [4.78, 5) is 0. The fourth-order valence-electron chi connectivity index (χ4n) is 2.20. The number of aliphatic hydroxyl groups is 1. The van der Waals surface area contributed by atoms with Crippen molar-refractivity contribution in [2.45, 2.75) is 31.7 Å². The van der Waals surface area contributed by atoms with Crippen molar-refractivity contribution >= 4 is 13.3 Å². The van der Waals surface area contributed by atoms with E-state index >= 15 is 0 Å². The molecular formula is C17H20F2OSi. The highest BCUT2D eigenvalue weighted by molar-refractivity contribution is 6.88. The van der Waals surface area contributed by atoms with Crippen LogP contribution < -0.4 is 5.19 Å². The van der Waals surface area contributed by atoms with Crippen LogP contribution in [-0.2, 0) is 5.92 Å². The molecule has 0 radical (unpaired) electrons. The van der Waals surface area contributed by atoms with Crippen LogP contribution in [0.3, 0.4) is 0 Å². The van der Waals surface area contributed by atoms with E-state index in [-0.39, 0.29) is 11.1 Å². The second kappa shape index (κ2) is 5.70. The van der Waals surface area contributed by atoms with Crippen LogP contribution >= 0.6 is 0 Å². The number of aliphatic hydroxyl groups excluding tert-OH is 1. The van der Waals surface area contributed by atoms with E-state index in [1.807, 2.05) is 6.07 Å². The number of benzene rings is 2. The first-order chi connectivity index (χ1) is 9.73. The van der Waals surface area contributed by atoms with Gasteiger partial charge in [0.15, 0.2) is 0 Å². The molecule has 0 bridgehead atoms. The first-order valence-electron chi connectivity index (χ1n) is 6.95. The van der Waals surface area contributed by atoms with E-state index in [1.54, 1.807) is 30.3 Å². The maximum atomic E-state index is 14.6. The summed E-state index contributed by atoms with van der Waals surface area (Å²) in [5, 5.41) is 11.0. The maximum Gasteiger partial charge on any atom is 0.302 e. The minimum absolute atomic E-state index is 0.126. The Morgan fingerprint density at radius 1 is 0.952 bits per heavy atom. The predicted octanol–water partition coefficient (Wildman–Crippen LogP) is 4.06. The topological polar surface area (TPSA) is 20.2 Å². The largest absolute Gasteiger partial charge is 0.382 e. The highest BCUT2D eigenvalue weighted by Crippen LogP contribution is 2.40. The molecule has 0 saturated heterocycles. The molecule has 1 N–H and O–H groups in total. The summed E-state index contributed by atoms with van der Waals surface area (Å²) in [6.45, 7) is 6.33. The molecule has 0 spiro atoms. The highest BCUT2D eigenvalue weighted by Gasteiger charge is 2.41. The molecule has 0 heterocycles. The lowest BCUT2D eigenvalue weighted by molar-refractivity contribution is -0.117. The summed E-state index contributed by atoms with van der Waals surface area (Å²) >= 11 is 0. The SMILES string of the molecule is C[Si](C)(C)c1cccc(C(F)(F)C(O)c2ccccc2)c1. The minimum atomic E-state index is -3.31. The number of hydrogen-bond donors (Lipinski definition) is 1. The molecule has 0 aromatic heterocycles. The van der Waals surface area contributed by atoms with Crippen molar-refractivity contribution in [3.63, 3.8) is 0 Å². The third-order valence-corrected chi connectivity index (χ3v) is 5.62. The average Bonchev–Trinajstić information content (AvgIpc) is 2.46. The van der Waals surface area contributed by atoms with Crippen LogP contribution in [0.4, 0.5) is 8.78 Å². The quantitative estimate of drug-likeness (QED) is 0.845. The zero-order valence-corrected chi connectivity index (χ0v) is 13.5. The molecule has 2 aromatic rings. The van der Waals surface area contributed by atoms with Crippen LogP contribution in [0.15, 0.2) is 54.6 Å². The van der Waals surface area contributed by atoms with Gasteiger partial charge in [0.25, 0.3) is 0 Å². The second-order valence-corrected chi connectivity index (χ2v) is 11.3. The fraction of sp³-hybridized carbons (Fsp3) is 0.294. The Morgan fingerprint density at radius 2 is 1.57 bits per heavy atom. The zero-order chi connectivity index (χ0) is 15.7. The molecule has 1 atom stereocenters. The van der Waals surface area contributed by atoms with Gasteiger partial charge in [0.2, 0.25) is 0 Å². The van der Waals surface area contributed by atoms with Crippen molar-refractivity contribution in [2.75, 3.05) is 0 Å². The number of alkyl halides is 2. The molecule has 0 amide bonds. The van der Waals surface area contributed by atoms with Crippen LogP contribution in [0.25, 0.3) is 0 Å². The third kappa shape index (κ3) is 3.39. The van der Waals surface area contributed by atoms with Gasteiger partial charge in [-0.15, -0.1) is 0 Å². The summed E-state index contributed by atoms with van der Waals surface area (Å²) in [7, 11) is -1.67. The van der Waals surface area contributed by atoms with E-state index in [2.05, 4.69) is 19.6 Å². The Labute approximate surface area is 125 Å². The predicted molar refractivity (Wildman–Crippen MR) is 84.7 cm³/mol. The molecule has 2 rings (SSSR count). The smallest absolute Gasteiger partial charge is 0.302 e. The summed E-state index contributed by atoms with van der Waals surface area (Å²) in [5.74, 6) is -3.31. The molecule has 0 fully saturated rings. The Hall–Kier alpha value is -1.52. The summed E-state index contributed by atoms with van der Waals surface area (Å²) in [6.07, 6.45) is -1.84. The Kier molecular flexibility index (Phi) is 4.30. The molecule has 21 heavy (non-hydrogen) atoms. The standard InChI is InChI=1S/C17H20F2OSi/c1-21(2,3)15-11-7-10-14(12-15)17(18,19)16(20)13-8-5-4-6-9-13/h4-12,16,20H,1-3H3. The van der Waals surface area contributed by atoms with Crippen LogP contribution in [0.2, 0.25) is 19.6 Å². The van der Waals surface area contributed by atoms with Gasteiger partial charge in [-0.05, 0) is 5.56 Å². The fourth-order valence-corrected chi connectivity index (χ4v) is 3.38. The van der Waals surface area contributed by atoms with Crippen LogP contribution in [-0.4, -0.2) is 13.2 Å². The van der Waals surface area contributed by atoms with E-state index < -0.39 is 20.1 Å². The van der Waals surface area contributed by atoms with Gasteiger partial charge in [-0.1, -0.05) is 79.4 Å². The maximum absolute atomic E-state index is 14.6. The van der Waals surface area contributed by atoms with Gasteiger partial charge in [-0.2, -0.15) is 8.78 Å². The van der Waals surface area contributed by atoms with Gasteiger partial charge in [0.1, 0.15) is 6.10 Å². The van der Waals surface area contributed by atoms with Crippen LogP contribution in [0.1, 0.15) is 17.2 Å². The van der Waals surface area contributed by atoms with Gasteiger partial charge < -0.3 is 5.11 Å². The first kappa shape index (κ1) is 15.9. The molecule has 112 valence electrons. The van der Waals surface area contributed by atoms with Crippen LogP contribution in [0, 0.1) is 0 Å². The van der Waals surface area contributed by atoms with E-state index in [9.17, 15) is 13.9 Å². The van der Waals surface area contributed by atoms with Crippen molar-refractivity contribution in [1.82, 2.24) is 0 Å². The average molecular weight is 306 g/mol. The van der Waals surface area contributed by atoms with E-state index in [0.29, 0.717) is 0 Å². The lowest BCUT2D eigenvalue weighted by Crippen LogP contribution is -2.38. The lowest BCUT2D eigenvalue weighted by Gasteiger charge is -2.25. The highest BCUT2D eigenvalue weighted by atomic mass is 28.3. The van der Waals surface area contributed by atoms with Gasteiger partial charge in [0, 0.05) is 5.56 Å². The summed E-state index contributed by atoms with van der Waals surface area (Å²) < 4.78 is 29.1. The molecule has 0 aliphatic heterocycles. The number of rotatable bonds is 4. The molecule has 0 saturated carbocycles. The molecular weight excluding hydrogens is 286 g/mol. The number of hydrogen-bond acceptors (Lipinski definition) is 1. The van der Waals surface area contributed by atoms with E-state index in [4.69, 9.17) is 0 Å². The minimum Gasteiger partial charge on any atom is -0.382 e. The monoisotopic (exact) mass is 306 g/mol. The molecule has 0 aliphatic carbocycles.